The molecule has 0 atom stereocenters. The van der Waals surface area contributed by atoms with E-state index in [1.54, 1.807) is 27.7 Å². The van der Waals surface area contributed by atoms with Gasteiger partial charge in [-0.25, -0.2) is 8.42 Å². The van der Waals surface area contributed by atoms with Crippen molar-refractivity contribution < 1.29 is 13.2 Å². The topological polar surface area (TPSA) is 51.2 Å². The number of thiophene rings is 1. The van der Waals surface area contributed by atoms with Gasteiger partial charge in [-0.2, -0.15) is 0 Å². The van der Waals surface area contributed by atoms with E-state index in [0.29, 0.717) is 16.7 Å². The number of aldehydes is 1. The molecule has 0 aliphatic heterocycles. The predicted molar refractivity (Wildman–Crippen MR) is 61.5 cm³/mol. The van der Waals surface area contributed by atoms with Gasteiger partial charge in [0.1, 0.15) is 0 Å². The van der Waals surface area contributed by atoms with Gasteiger partial charge >= 0.3 is 0 Å². The minimum atomic E-state index is -3.35. The average molecular weight is 246 g/mol. The molecule has 0 bridgehead atoms. The number of sulfone groups is 1. The van der Waals surface area contributed by atoms with Crippen LogP contribution in [0.1, 0.15) is 34.0 Å². The normalized spacial score (nSPS) is 12.1. The summed E-state index contributed by atoms with van der Waals surface area (Å²) in [4.78, 5) is 12.6. The second kappa shape index (κ2) is 4.06. The summed E-state index contributed by atoms with van der Waals surface area (Å²) in [6, 6.07) is 0. The molecule has 0 unspecified atom stereocenters. The standard InChI is InChI=1S/C10H14O3S2/c1-6(2)15(12,13)10-8(4)14-7(3)9(10)5-11/h5-6H,1-4H3. The summed E-state index contributed by atoms with van der Waals surface area (Å²) < 4.78 is 24.0. The summed E-state index contributed by atoms with van der Waals surface area (Å²) in [5.74, 6) is 0. The molecule has 0 aliphatic carbocycles. The molecule has 1 rings (SSSR count). The van der Waals surface area contributed by atoms with Crippen LogP contribution in [0.15, 0.2) is 4.90 Å². The van der Waals surface area contributed by atoms with Gasteiger partial charge in [0.05, 0.1) is 10.1 Å². The van der Waals surface area contributed by atoms with E-state index in [2.05, 4.69) is 0 Å². The van der Waals surface area contributed by atoms with Crippen LogP contribution in [0.3, 0.4) is 0 Å². The molecule has 3 nitrogen and oxygen atoms in total. The third-order valence-corrected chi connectivity index (χ3v) is 5.77. The van der Waals surface area contributed by atoms with Crippen molar-refractivity contribution in [1.82, 2.24) is 0 Å². The molecule has 84 valence electrons. The molecule has 15 heavy (non-hydrogen) atoms. The summed E-state index contributed by atoms with van der Waals surface area (Å²) in [5, 5.41) is -0.496. The molecule has 5 heteroatoms. The molecular weight excluding hydrogens is 232 g/mol. The number of hydrogen-bond acceptors (Lipinski definition) is 4. The molecule has 0 saturated carbocycles. The highest BCUT2D eigenvalue weighted by Gasteiger charge is 2.27. The zero-order valence-electron chi connectivity index (χ0n) is 9.20. The Bertz CT molecular complexity index is 481. The second-order valence-electron chi connectivity index (χ2n) is 3.67. The summed E-state index contributed by atoms with van der Waals surface area (Å²) in [6.07, 6.45) is 0.633. The van der Waals surface area contributed by atoms with Crippen LogP contribution in [0.5, 0.6) is 0 Å². The van der Waals surface area contributed by atoms with Gasteiger partial charge in [-0.1, -0.05) is 0 Å². The second-order valence-corrected chi connectivity index (χ2v) is 7.54. The summed E-state index contributed by atoms with van der Waals surface area (Å²) in [7, 11) is -3.35. The average Bonchev–Trinajstić information content (AvgIpc) is 2.40. The van der Waals surface area contributed by atoms with Crippen molar-refractivity contribution in [3.05, 3.63) is 15.3 Å². The Morgan fingerprint density at radius 2 is 1.73 bits per heavy atom. The number of aryl methyl sites for hydroxylation is 2. The molecule has 0 radical (unpaired) electrons. The van der Waals surface area contributed by atoms with Crippen molar-refractivity contribution in [3.8, 4) is 0 Å². The van der Waals surface area contributed by atoms with Gasteiger partial charge < -0.3 is 0 Å². The lowest BCUT2D eigenvalue weighted by molar-refractivity contribution is 0.112. The Kier molecular flexibility index (Phi) is 3.35. The van der Waals surface area contributed by atoms with Crippen molar-refractivity contribution in [1.29, 1.82) is 0 Å². The Hall–Kier alpha value is -0.680. The van der Waals surface area contributed by atoms with Gasteiger partial charge in [-0.05, 0) is 27.7 Å². The fourth-order valence-electron chi connectivity index (χ4n) is 1.41. The van der Waals surface area contributed by atoms with Crippen LogP contribution in [-0.4, -0.2) is 20.0 Å². The van der Waals surface area contributed by atoms with Gasteiger partial charge in [-0.3, -0.25) is 4.79 Å². The molecule has 1 aromatic rings. The SMILES string of the molecule is Cc1sc(C)c(S(=O)(=O)C(C)C)c1C=O. The first-order valence-electron chi connectivity index (χ1n) is 4.61. The van der Waals surface area contributed by atoms with E-state index < -0.39 is 15.1 Å². The zero-order chi connectivity index (χ0) is 11.8. The predicted octanol–water partition coefficient (Wildman–Crippen LogP) is 2.36. The summed E-state index contributed by atoms with van der Waals surface area (Å²) in [6.45, 7) is 6.74. The Morgan fingerprint density at radius 3 is 2.13 bits per heavy atom. The lowest BCUT2D eigenvalue weighted by Gasteiger charge is -2.07. The minimum Gasteiger partial charge on any atom is -0.298 e. The van der Waals surface area contributed by atoms with Crippen molar-refractivity contribution in [3.63, 3.8) is 0 Å². The molecule has 0 spiro atoms. The van der Waals surface area contributed by atoms with Crippen molar-refractivity contribution in [2.24, 2.45) is 0 Å². The third kappa shape index (κ3) is 1.99. The first kappa shape index (κ1) is 12.4. The maximum atomic E-state index is 12.0. The van der Waals surface area contributed by atoms with E-state index in [-0.39, 0.29) is 4.90 Å². The first-order chi connectivity index (χ1) is 6.82. The number of hydrogen-bond donors (Lipinski definition) is 0. The van der Waals surface area contributed by atoms with Crippen LogP contribution >= 0.6 is 11.3 Å². The van der Waals surface area contributed by atoms with Gasteiger partial charge in [0.15, 0.2) is 16.1 Å². The molecular formula is C10H14O3S2. The third-order valence-electron chi connectivity index (χ3n) is 2.27. The van der Waals surface area contributed by atoms with Crippen LogP contribution < -0.4 is 0 Å². The van der Waals surface area contributed by atoms with Crippen molar-refractivity contribution >= 4 is 27.5 Å². The van der Waals surface area contributed by atoms with Gasteiger partial charge in [0, 0.05) is 15.3 Å². The lowest BCUT2D eigenvalue weighted by atomic mass is 10.3. The van der Waals surface area contributed by atoms with Crippen LogP contribution in [-0.2, 0) is 9.84 Å². The summed E-state index contributed by atoms with van der Waals surface area (Å²) >= 11 is 1.35. The molecule has 1 heterocycles. The van der Waals surface area contributed by atoms with E-state index in [0.717, 1.165) is 4.88 Å². The zero-order valence-corrected chi connectivity index (χ0v) is 10.8. The fraction of sp³-hybridized carbons (Fsp3) is 0.500. The maximum absolute atomic E-state index is 12.0. The number of carbonyl (C=O) groups is 1. The molecule has 1 aromatic heterocycles. The van der Waals surface area contributed by atoms with Crippen LogP contribution in [0, 0.1) is 13.8 Å². The molecule has 0 amide bonds. The highest BCUT2D eigenvalue weighted by molar-refractivity contribution is 7.92. The van der Waals surface area contributed by atoms with E-state index in [4.69, 9.17) is 0 Å². The van der Waals surface area contributed by atoms with Crippen LogP contribution in [0.2, 0.25) is 0 Å². The largest absolute Gasteiger partial charge is 0.298 e. The molecule has 0 aliphatic rings. The highest BCUT2D eigenvalue weighted by Crippen LogP contribution is 2.32. The van der Waals surface area contributed by atoms with Crippen molar-refractivity contribution in [2.45, 2.75) is 37.8 Å². The molecule has 0 N–H and O–H groups in total. The highest BCUT2D eigenvalue weighted by atomic mass is 32.2. The van der Waals surface area contributed by atoms with Crippen LogP contribution in [0.4, 0.5) is 0 Å². The molecule has 0 saturated heterocycles. The van der Waals surface area contributed by atoms with E-state index in [1.165, 1.54) is 11.3 Å². The Labute approximate surface area is 94.0 Å². The first-order valence-corrected chi connectivity index (χ1v) is 6.97. The van der Waals surface area contributed by atoms with Crippen molar-refractivity contribution in [2.75, 3.05) is 0 Å². The Balaban J connectivity index is 3.57. The van der Waals surface area contributed by atoms with E-state index >= 15 is 0 Å². The van der Waals surface area contributed by atoms with Crippen LogP contribution in [0.25, 0.3) is 0 Å². The minimum absolute atomic E-state index is 0.218. The van der Waals surface area contributed by atoms with Gasteiger partial charge in [0.2, 0.25) is 0 Å². The number of rotatable bonds is 3. The van der Waals surface area contributed by atoms with Gasteiger partial charge in [0.25, 0.3) is 0 Å². The Morgan fingerprint density at radius 1 is 1.20 bits per heavy atom. The summed E-state index contributed by atoms with van der Waals surface area (Å²) in [5.41, 5.74) is 0.325. The van der Waals surface area contributed by atoms with E-state index in [9.17, 15) is 13.2 Å². The van der Waals surface area contributed by atoms with Gasteiger partial charge in [-0.15, -0.1) is 11.3 Å². The molecule has 0 aromatic carbocycles. The number of carbonyl (C=O) groups excluding carboxylic acids is 1. The van der Waals surface area contributed by atoms with E-state index in [1.807, 2.05) is 0 Å². The maximum Gasteiger partial charge on any atom is 0.182 e. The lowest BCUT2D eigenvalue weighted by Crippen LogP contribution is -2.15. The fourth-order valence-corrected chi connectivity index (χ4v) is 4.25. The monoisotopic (exact) mass is 246 g/mol. The quantitative estimate of drug-likeness (QED) is 0.769. The smallest absolute Gasteiger partial charge is 0.182 e. The molecule has 0 fully saturated rings.